The van der Waals surface area contributed by atoms with E-state index in [1.807, 2.05) is 6.92 Å². The summed E-state index contributed by atoms with van der Waals surface area (Å²) in [6.45, 7) is 2.52. The van der Waals surface area contributed by atoms with Crippen molar-refractivity contribution in [2.75, 3.05) is 18.5 Å². The maximum atomic E-state index is 12.6. The number of sulfonamides is 1. The molecule has 2 amide bonds. The van der Waals surface area contributed by atoms with Gasteiger partial charge < -0.3 is 15.4 Å². The topological polar surface area (TPSA) is 114 Å². The molecule has 1 fully saturated rings. The van der Waals surface area contributed by atoms with E-state index in [4.69, 9.17) is 4.74 Å². The summed E-state index contributed by atoms with van der Waals surface area (Å²) >= 11 is 0. The van der Waals surface area contributed by atoms with Crippen LogP contribution in [-0.4, -0.2) is 39.4 Å². The Hall–Kier alpha value is -2.91. The van der Waals surface area contributed by atoms with Crippen LogP contribution in [0.3, 0.4) is 0 Å². The lowest BCUT2D eigenvalue weighted by Crippen LogP contribution is -2.36. The molecule has 0 spiro atoms. The summed E-state index contributed by atoms with van der Waals surface area (Å²) in [5.41, 5.74) is 1.28. The summed E-state index contributed by atoms with van der Waals surface area (Å²) in [6.07, 6.45) is 5.48. The minimum absolute atomic E-state index is 0.00489. The number of hydrogen-bond donors (Lipinski definition) is 3. The fraction of sp³-hybridized carbons (Fsp3) is 0.417. The van der Waals surface area contributed by atoms with Crippen molar-refractivity contribution in [1.29, 1.82) is 0 Å². The molecule has 0 aromatic heterocycles. The summed E-state index contributed by atoms with van der Waals surface area (Å²) in [6, 6.07) is 13.5. The molecule has 2 aromatic rings. The SMILES string of the molecule is CCOc1ccccc1NC(=O)C(=O)NCCc1ccc(S(=O)(=O)NC2CCCCC2)cc1. The molecule has 1 aliphatic carbocycles. The van der Waals surface area contributed by atoms with Crippen molar-refractivity contribution in [3.8, 4) is 5.75 Å². The van der Waals surface area contributed by atoms with Crippen molar-refractivity contribution in [3.05, 3.63) is 54.1 Å². The number of amides is 2. The lowest BCUT2D eigenvalue weighted by atomic mass is 9.96. The minimum atomic E-state index is -3.54. The van der Waals surface area contributed by atoms with Crippen LogP contribution in [0, 0.1) is 0 Å². The van der Waals surface area contributed by atoms with E-state index in [9.17, 15) is 18.0 Å². The molecule has 9 heteroatoms. The third kappa shape index (κ3) is 7.30. The first-order valence-corrected chi connectivity index (χ1v) is 12.8. The first kappa shape index (κ1) is 24.7. The monoisotopic (exact) mass is 473 g/mol. The molecule has 0 radical (unpaired) electrons. The van der Waals surface area contributed by atoms with Gasteiger partial charge in [0.2, 0.25) is 10.0 Å². The number of anilines is 1. The number of benzene rings is 2. The molecule has 0 unspecified atom stereocenters. The van der Waals surface area contributed by atoms with E-state index in [0.29, 0.717) is 24.5 Å². The average Bonchev–Trinajstić information content (AvgIpc) is 2.81. The fourth-order valence-electron chi connectivity index (χ4n) is 3.77. The van der Waals surface area contributed by atoms with Gasteiger partial charge in [0.15, 0.2) is 0 Å². The smallest absolute Gasteiger partial charge is 0.313 e. The van der Waals surface area contributed by atoms with Gasteiger partial charge in [-0.3, -0.25) is 9.59 Å². The molecule has 3 rings (SSSR count). The van der Waals surface area contributed by atoms with Crippen LogP contribution in [0.5, 0.6) is 5.75 Å². The summed E-state index contributed by atoms with van der Waals surface area (Å²) in [7, 11) is -3.54. The molecule has 1 saturated carbocycles. The molecule has 0 aliphatic heterocycles. The number of carbonyl (C=O) groups excluding carboxylic acids is 2. The maximum Gasteiger partial charge on any atom is 0.313 e. The molecule has 33 heavy (non-hydrogen) atoms. The molecule has 0 heterocycles. The van der Waals surface area contributed by atoms with Gasteiger partial charge in [0.1, 0.15) is 5.75 Å². The Bertz CT molecular complexity index is 1050. The first-order valence-electron chi connectivity index (χ1n) is 11.3. The van der Waals surface area contributed by atoms with Crippen LogP contribution in [0.15, 0.2) is 53.4 Å². The third-order valence-corrected chi connectivity index (χ3v) is 7.04. The second-order valence-corrected chi connectivity index (χ2v) is 9.70. The van der Waals surface area contributed by atoms with Crippen molar-refractivity contribution < 1.29 is 22.7 Å². The summed E-state index contributed by atoms with van der Waals surface area (Å²) in [4.78, 5) is 24.5. The molecule has 8 nitrogen and oxygen atoms in total. The highest BCUT2D eigenvalue weighted by Gasteiger charge is 2.21. The molecule has 1 aliphatic rings. The average molecular weight is 474 g/mol. The lowest BCUT2D eigenvalue weighted by molar-refractivity contribution is -0.136. The Morgan fingerprint density at radius 3 is 2.36 bits per heavy atom. The zero-order chi connectivity index (χ0) is 23.7. The predicted octanol–water partition coefficient (Wildman–Crippen LogP) is 2.99. The van der Waals surface area contributed by atoms with E-state index in [0.717, 1.165) is 37.7 Å². The van der Waals surface area contributed by atoms with Gasteiger partial charge in [-0.1, -0.05) is 43.5 Å². The Kier molecular flexibility index (Phi) is 8.85. The first-order chi connectivity index (χ1) is 15.9. The molecular weight excluding hydrogens is 442 g/mol. The van der Waals surface area contributed by atoms with Gasteiger partial charge in [-0.25, -0.2) is 13.1 Å². The summed E-state index contributed by atoms with van der Waals surface area (Å²) in [5, 5.41) is 5.13. The standard InChI is InChI=1S/C24H31N3O5S/c1-2-32-22-11-7-6-10-21(22)26-24(29)23(28)25-17-16-18-12-14-20(15-13-18)33(30,31)27-19-8-4-3-5-9-19/h6-7,10-15,19,27H,2-5,8-9,16-17H2,1H3,(H,25,28)(H,26,29). The fourth-order valence-corrected chi connectivity index (χ4v) is 5.08. The second kappa shape index (κ2) is 11.8. The van der Waals surface area contributed by atoms with E-state index in [2.05, 4.69) is 15.4 Å². The van der Waals surface area contributed by atoms with Gasteiger partial charge in [-0.15, -0.1) is 0 Å². The Balaban J connectivity index is 1.47. The maximum absolute atomic E-state index is 12.6. The quantitative estimate of drug-likeness (QED) is 0.485. The van der Waals surface area contributed by atoms with Gasteiger partial charge in [0.05, 0.1) is 17.2 Å². The van der Waals surface area contributed by atoms with Gasteiger partial charge >= 0.3 is 11.8 Å². The van der Waals surface area contributed by atoms with E-state index in [1.165, 1.54) is 0 Å². The van der Waals surface area contributed by atoms with Crippen molar-refractivity contribution in [1.82, 2.24) is 10.0 Å². The minimum Gasteiger partial charge on any atom is -0.492 e. The number of rotatable bonds is 9. The number of carbonyl (C=O) groups is 2. The second-order valence-electron chi connectivity index (χ2n) is 7.99. The van der Waals surface area contributed by atoms with Crippen LogP contribution in [0.25, 0.3) is 0 Å². The largest absolute Gasteiger partial charge is 0.492 e. The van der Waals surface area contributed by atoms with Crippen molar-refractivity contribution in [2.45, 2.75) is 56.4 Å². The molecule has 0 atom stereocenters. The zero-order valence-electron chi connectivity index (χ0n) is 18.8. The highest BCUT2D eigenvalue weighted by molar-refractivity contribution is 7.89. The highest BCUT2D eigenvalue weighted by Crippen LogP contribution is 2.23. The van der Waals surface area contributed by atoms with Crippen LogP contribution in [-0.2, 0) is 26.0 Å². The van der Waals surface area contributed by atoms with Crippen LogP contribution in [0.2, 0.25) is 0 Å². The van der Waals surface area contributed by atoms with E-state index in [1.54, 1.807) is 48.5 Å². The van der Waals surface area contributed by atoms with Crippen LogP contribution < -0.4 is 20.1 Å². The molecular formula is C24H31N3O5S. The van der Waals surface area contributed by atoms with Gasteiger partial charge in [0.25, 0.3) is 0 Å². The number of ether oxygens (including phenoxy) is 1. The molecule has 178 valence electrons. The predicted molar refractivity (Wildman–Crippen MR) is 127 cm³/mol. The molecule has 0 bridgehead atoms. The van der Waals surface area contributed by atoms with Crippen LogP contribution >= 0.6 is 0 Å². The summed E-state index contributed by atoms with van der Waals surface area (Å²) in [5.74, 6) is -1.04. The molecule has 3 N–H and O–H groups in total. The Morgan fingerprint density at radius 1 is 0.970 bits per heavy atom. The summed E-state index contributed by atoms with van der Waals surface area (Å²) < 4.78 is 33.4. The van der Waals surface area contributed by atoms with Crippen molar-refractivity contribution >= 4 is 27.5 Å². The normalized spacial score (nSPS) is 14.5. The van der Waals surface area contributed by atoms with E-state index >= 15 is 0 Å². The van der Waals surface area contributed by atoms with Crippen molar-refractivity contribution in [2.24, 2.45) is 0 Å². The number of nitrogens with one attached hydrogen (secondary N) is 3. The number of para-hydroxylation sites is 2. The molecule has 2 aromatic carbocycles. The lowest BCUT2D eigenvalue weighted by Gasteiger charge is -2.22. The highest BCUT2D eigenvalue weighted by atomic mass is 32.2. The molecule has 0 saturated heterocycles. The van der Waals surface area contributed by atoms with E-state index in [-0.39, 0.29) is 17.5 Å². The Morgan fingerprint density at radius 2 is 1.67 bits per heavy atom. The van der Waals surface area contributed by atoms with Crippen molar-refractivity contribution in [3.63, 3.8) is 0 Å². The van der Waals surface area contributed by atoms with Gasteiger partial charge in [0, 0.05) is 12.6 Å². The number of hydrogen-bond acceptors (Lipinski definition) is 5. The Labute approximate surface area is 195 Å². The van der Waals surface area contributed by atoms with E-state index < -0.39 is 21.8 Å². The van der Waals surface area contributed by atoms with Gasteiger partial charge in [-0.2, -0.15) is 0 Å². The zero-order valence-corrected chi connectivity index (χ0v) is 19.6. The third-order valence-electron chi connectivity index (χ3n) is 5.50. The van der Waals surface area contributed by atoms with Gasteiger partial charge in [-0.05, 0) is 56.0 Å². The van der Waals surface area contributed by atoms with Crippen LogP contribution in [0.1, 0.15) is 44.6 Å². The van der Waals surface area contributed by atoms with Crippen LogP contribution in [0.4, 0.5) is 5.69 Å².